The summed E-state index contributed by atoms with van der Waals surface area (Å²) in [5, 5.41) is 0. The molecule has 0 aliphatic carbocycles. The summed E-state index contributed by atoms with van der Waals surface area (Å²) < 4.78 is 0.997. The summed E-state index contributed by atoms with van der Waals surface area (Å²) in [4.78, 5) is 6.47. The number of halogens is 1. The molecule has 0 aromatic carbocycles. The van der Waals surface area contributed by atoms with Gasteiger partial charge in [0.1, 0.15) is 0 Å². The predicted molar refractivity (Wildman–Crippen MR) is 80.7 cm³/mol. The van der Waals surface area contributed by atoms with Gasteiger partial charge in [-0.2, -0.15) is 0 Å². The van der Waals surface area contributed by atoms with Gasteiger partial charge in [0, 0.05) is 19.3 Å². The Hall–Kier alpha value is -0.770. The van der Waals surface area contributed by atoms with Crippen LogP contribution in [0.15, 0.2) is 16.9 Å². The van der Waals surface area contributed by atoms with Gasteiger partial charge >= 0.3 is 0 Å². The van der Waals surface area contributed by atoms with Gasteiger partial charge in [-0.15, -0.1) is 0 Å². The van der Waals surface area contributed by atoms with Crippen molar-refractivity contribution in [2.45, 2.75) is 33.6 Å². The van der Waals surface area contributed by atoms with Crippen molar-refractivity contribution in [2.24, 2.45) is 11.3 Å². The molecule has 0 unspecified atom stereocenters. The van der Waals surface area contributed by atoms with Gasteiger partial charge in [0.25, 0.3) is 0 Å². The van der Waals surface area contributed by atoms with E-state index in [9.17, 15) is 0 Å². The molecule has 1 fully saturated rings. The second-order valence-corrected chi connectivity index (χ2v) is 7.04. The molecule has 1 saturated heterocycles. The van der Waals surface area contributed by atoms with Crippen LogP contribution in [0.3, 0.4) is 0 Å². The Balaban J connectivity index is 2.11. The lowest BCUT2D eigenvalue weighted by Crippen LogP contribution is -2.38. The first-order valence-electron chi connectivity index (χ1n) is 6.53. The smallest absolute Gasteiger partial charge is 0.0776 e. The third-order valence-corrected chi connectivity index (χ3v) is 4.52. The van der Waals surface area contributed by atoms with E-state index in [-0.39, 0.29) is 0 Å². The van der Waals surface area contributed by atoms with E-state index in [2.05, 4.69) is 46.6 Å². The van der Waals surface area contributed by atoms with Crippen LogP contribution in [-0.4, -0.2) is 18.1 Å². The van der Waals surface area contributed by atoms with E-state index >= 15 is 0 Å². The Labute approximate surface area is 118 Å². The SMILES string of the molecule is CC(C)(C)C1CCN(c2c(N)cncc2Br)CC1. The Bertz CT molecular complexity index is 397. The summed E-state index contributed by atoms with van der Waals surface area (Å²) in [7, 11) is 0. The molecular formula is C14H22BrN3. The minimum absolute atomic E-state index is 0.410. The van der Waals surface area contributed by atoms with Gasteiger partial charge in [-0.25, -0.2) is 0 Å². The molecule has 1 aromatic heterocycles. The molecule has 0 amide bonds. The van der Waals surface area contributed by atoms with Crippen LogP contribution in [-0.2, 0) is 0 Å². The largest absolute Gasteiger partial charge is 0.396 e. The number of hydrogen-bond donors (Lipinski definition) is 1. The van der Waals surface area contributed by atoms with Crippen LogP contribution >= 0.6 is 15.9 Å². The summed E-state index contributed by atoms with van der Waals surface area (Å²) in [5.74, 6) is 0.801. The minimum Gasteiger partial charge on any atom is -0.396 e. The van der Waals surface area contributed by atoms with Crippen LogP contribution in [0.25, 0.3) is 0 Å². The van der Waals surface area contributed by atoms with Gasteiger partial charge in [-0.05, 0) is 40.1 Å². The van der Waals surface area contributed by atoms with E-state index in [4.69, 9.17) is 5.73 Å². The molecule has 0 saturated carbocycles. The van der Waals surface area contributed by atoms with Crippen LogP contribution in [0.2, 0.25) is 0 Å². The molecule has 0 radical (unpaired) electrons. The highest BCUT2D eigenvalue weighted by atomic mass is 79.9. The standard InChI is InChI=1S/C14H22BrN3/c1-14(2,3)10-4-6-18(7-5-10)13-11(15)8-17-9-12(13)16/h8-10H,4-7,16H2,1-3H3. The molecule has 1 aliphatic heterocycles. The second-order valence-electron chi connectivity index (χ2n) is 6.19. The fraction of sp³-hybridized carbons (Fsp3) is 0.643. The first kappa shape index (κ1) is 13.7. The molecule has 100 valence electrons. The Morgan fingerprint density at radius 1 is 1.28 bits per heavy atom. The van der Waals surface area contributed by atoms with Gasteiger partial charge in [0.15, 0.2) is 0 Å². The second kappa shape index (κ2) is 5.08. The van der Waals surface area contributed by atoms with Crippen molar-refractivity contribution in [3.05, 3.63) is 16.9 Å². The van der Waals surface area contributed by atoms with Gasteiger partial charge < -0.3 is 10.6 Å². The van der Waals surface area contributed by atoms with Crippen LogP contribution in [0.4, 0.5) is 11.4 Å². The van der Waals surface area contributed by atoms with Gasteiger partial charge in [-0.1, -0.05) is 20.8 Å². The zero-order chi connectivity index (χ0) is 13.3. The first-order valence-corrected chi connectivity index (χ1v) is 7.33. The van der Waals surface area contributed by atoms with E-state index < -0.39 is 0 Å². The molecule has 0 atom stereocenters. The average molecular weight is 312 g/mol. The molecule has 0 bridgehead atoms. The summed E-state index contributed by atoms with van der Waals surface area (Å²) in [5.41, 5.74) is 8.32. The van der Waals surface area contributed by atoms with Gasteiger partial charge in [0.2, 0.25) is 0 Å². The van der Waals surface area contributed by atoms with Crippen molar-refractivity contribution in [3.63, 3.8) is 0 Å². The molecule has 2 N–H and O–H groups in total. The molecule has 18 heavy (non-hydrogen) atoms. The Morgan fingerprint density at radius 2 is 1.89 bits per heavy atom. The first-order chi connectivity index (χ1) is 8.39. The summed E-state index contributed by atoms with van der Waals surface area (Å²) in [6, 6.07) is 0. The lowest BCUT2D eigenvalue weighted by atomic mass is 9.75. The predicted octanol–water partition coefficient (Wildman–Crippen LogP) is 3.69. The van der Waals surface area contributed by atoms with Crippen molar-refractivity contribution in [2.75, 3.05) is 23.7 Å². The summed E-state index contributed by atoms with van der Waals surface area (Å²) in [6.07, 6.45) is 6.02. The highest BCUT2D eigenvalue weighted by molar-refractivity contribution is 9.10. The molecule has 1 aliphatic rings. The van der Waals surface area contributed by atoms with Crippen molar-refractivity contribution in [3.8, 4) is 0 Å². The van der Waals surface area contributed by atoms with Crippen LogP contribution in [0.1, 0.15) is 33.6 Å². The van der Waals surface area contributed by atoms with Crippen LogP contribution in [0, 0.1) is 11.3 Å². The average Bonchev–Trinajstić information content (AvgIpc) is 2.28. The molecule has 1 aromatic rings. The van der Waals surface area contributed by atoms with Gasteiger partial charge in [-0.3, -0.25) is 4.98 Å². The maximum atomic E-state index is 6.04. The fourth-order valence-corrected chi connectivity index (χ4v) is 3.34. The van der Waals surface area contributed by atoms with E-state index in [1.165, 1.54) is 12.8 Å². The van der Waals surface area contributed by atoms with E-state index in [1.54, 1.807) is 6.20 Å². The molecule has 3 nitrogen and oxygen atoms in total. The summed E-state index contributed by atoms with van der Waals surface area (Å²) >= 11 is 3.55. The van der Waals surface area contributed by atoms with Crippen molar-refractivity contribution >= 4 is 27.3 Å². The van der Waals surface area contributed by atoms with Crippen LogP contribution < -0.4 is 10.6 Å². The summed E-state index contributed by atoms with van der Waals surface area (Å²) in [6.45, 7) is 9.17. The molecular weight excluding hydrogens is 290 g/mol. The minimum atomic E-state index is 0.410. The van der Waals surface area contributed by atoms with Crippen molar-refractivity contribution < 1.29 is 0 Å². The topological polar surface area (TPSA) is 42.1 Å². The number of nitrogens with two attached hydrogens (primary N) is 1. The lowest BCUT2D eigenvalue weighted by Gasteiger charge is -2.40. The molecule has 4 heteroatoms. The Kier molecular flexibility index (Phi) is 3.85. The molecule has 0 spiro atoms. The maximum absolute atomic E-state index is 6.04. The van der Waals surface area contributed by atoms with Crippen molar-refractivity contribution in [1.82, 2.24) is 4.98 Å². The van der Waals surface area contributed by atoms with E-state index in [1.807, 2.05) is 6.20 Å². The highest BCUT2D eigenvalue weighted by Crippen LogP contribution is 2.38. The fourth-order valence-electron chi connectivity index (χ4n) is 2.75. The third kappa shape index (κ3) is 2.79. The monoisotopic (exact) mass is 311 g/mol. The quantitative estimate of drug-likeness (QED) is 0.860. The third-order valence-electron chi connectivity index (χ3n) is 3.94. The number of piperidine rings is 1. The number of hydrogen-bond acceptors (Lipinski definition) is 3. The van der Waals surface area contributed by atoms with Crippen molar-refractivity contribution in [1.29, 1.82) is 0 Å². The number of nitrogen functional groups attached to an aromatic ring is 1. The normalized spacial score (nSPS) is 18.1. The van der Waals surface area contributed by atoms with Gasteiger partial charge in [0.05, 0.1) is 22.0 Å². The number of aromatic nitrogens is 1. The number of nitrogens with zero attached hydrogens (tertiary/aromatic N) is 2. The highest BCUT2D eigenvalue weighted by Gasteiger charge is 2.29. The zero-order valence-corrected chi connectivity index (χ0v) is 13.0. The van der Waals surface area contributed by atoms with E-state index in [0.717, 1.165) is 34.9 Å². The molecule has 2 rings (SSSR count). The lowest BCUT2D eigenvalue weighted by molar-refractivity contribution is 0.199. The zero-order valence-electron chi connectivity index (χ0n) is 11.4. The van der Waals surface area contributed by atoms with E-state index in [0.29, 0.717) is 5.41 Å². The number of rotatable bonds is 1. The molecule has 2 heterocycles. The number of anilines is 2. The number of pyridine rings is 1. The maximum Gasteiger partial charge on any atom is 0.0776 e. The van der Waals surface area contributed by atoms with Crippen LogP contribution in [0.5, 0.6) is 0 Å². The Morgan fingerprint density at radius 3 is 2.39 bits per heavy atom.